The molecule has 0 fully saturated rings. The fourth-order valence-electron chi connectivity index (χ4n) is 2.03. The first-order valence-corrected chi connectivity index (χ1v) is 5.94. The molecule has 1 aromatic heterocycles. The van der Waals surface area contributed by atoms with E-state index in [1.165, 1.54) is 0 Å². The van der Waals surface area contributed by atoms with Crippen LogP contribution < -0.4 is 4.74 Å². The Morgan fingerprint density at radius 1 is 1.26 bits per heavy atom. The number of hydrogen-bond acceptors (Lipinski definition) is 3. The number of benzene rings is 1. The number of nitrogens with zero attached hydrogens (tertiary/aromatic N) is 1. The molecule has 0 aliphatic carbocycles. The average molecular weight is 257 g/mol. The summed E-state index contributed by atoms with van der Waals surface area (Å²) in [4.78, 5) is 14.6. The lowest BCUT2D eigenvalue weighted by Gasteiger charge is -2.14. The second-order valence-electron chi connectivity index (χ2n) is 4.38. The summed E-state index contributed by atoms with van der Waals surface area (Å²) in [5.74, 6) is -0.375. The molecule has 0 atom stereocenters. The summed E-state index contributed by atoms with van der Waals surface area (Å²) in [5.41, 5.74) is 3.88. The molecular weight excluding hydrogens is 242 g/mol. The van der Waals surface area contributed by atoms with Crippen LogP contribution in [0.1, 0.15) is 11.1 Å². The van der Waals surface area contributed by atoms with Gasteiger partial charge in [-0.3, -0.25) is 4.98 Å². The molecule has 0 saturated heterocycles. The summed E-state index contributed by atoms with van der Waals surface area (Å²) in [7, 11) is 0. The summed E-state index contributed by atoms with van der Waals surface area (Å²) in [5, 5.41) is 8.75. The van der Waals surface area contributed by atoms with Crippen molar-refractivity contribution in [2.24, 2.45) is 0 Å². The van der Waals surface area contributed by atoms with Crippen LogP contribution in [0, 0.1) is 13.8 Å². The Bertz CT molecular complexity index is 594. The van der Waals surface area contributed by atoms with E-state index in [1.807, 2.05) is 38.1 Å². The molecule has 19 heavy (non-hydrogen) atoms. The van der Waals surface area contributed by atoms with Crippen LogP contribution in [0.5, 0.6) is 5.75 Å². The lowest BCUT2D eigenvalue weighted by atomic mass is 10.00. The first-order valence-electron chi connectivity index (χ1n) is 5.94. The molecule has 1 heterocycles. The van der Waals surface area contributed by atoms with Gasteiger partial charge in [0.05, 0.1) is 0 Å². The second kappa shape index (κ2) is 5.52. The van der Waals surface area contributed by atoms with Gasteiger partial charge in [-0.1, -0.05) is 6.07 Å². The highest BCUT2D eigenvalue weighted by Crippen LogP contribution is 2.33. The smallest absolute Gasteiger partial charge is 0.341 e. The molecule has 2 aromatic rings. The van der Waals surface area contributed by atoms with Gasteiger partial charge in [-0.25, -0.2) is 4.79 Å². The zero-order valence-electron chi connectivity index (χ0n) is 10.9. The highest BCUT2D eigenvalue weighted by atomic mass is 16.5. The number of aliphatic carboxylic acids is 1. The molecule has 4 heteroatoms. The van der Waals surface area contributed by atoms with Gasteiger partial charge in [-0.15, -0.1) is 0 Å². The maximum atomic E-state index is 10.7. The Morgan fingerprint density at radius 2 is 1.95 bits per heavy atom. The topological polar surface area (TPSA) is 59.4 Å². The molecule has 0 aliphatic rings. The van der Waals surface area contributed by atoms with E-state index in [0.717, 1.165) is 22.3 Å². The van der Waals surface area contributed by atoms with Gasteiger partial charge in [-0.05, 0) is 48.7 Å². The van der Waals surface area contributed by atoms with Gasteiger partial charge in [-0.2, -0.15) is 0 Å². The van der Waals surface area contributed by atoms with Gasteiger partial charge in [0, 0.05) is 18.0 Å². The quantitative estimate of drug-likeness (QED) is 0.915. The minimum absolute atomic E-state index is 0.345. The average Bonchev–Trinajstić information content (AvgIpc) is 2.37. The fourth-order valence-corrected chi connectivity index (χ4v) is 2.03. The molecule has 0 unspecified atom stereocenters. The lowest BCUT2D eigenvalue weighted by Crippen LogP contribution is -2.11. The van der Waals surface area contributed by atoms with Crippen LogP contribution in [0.2, 0.25) is 0 Å². The normalized spacial score (nSPS) is 10.2. The first-order chi connectivity index (χ1) is 9.08. The minimum atomic E-state index is -0.986. The van der Waals surface area contributed by atoms with Crippen LogP contribution in [0.15, 0.2) is 36.7 Å². The second-order valence-corrected chi connectivity index (χ2v) is 4.38. The molecule has 4 nitrogen and oxygen atoms in total. The molecule has 0 amide bonds. The van der Waals surface area contributed by atoms with E-state index in [2.05, 4.69) is 4.98 Å². The summed E-state index contributed by atoms with van der Waals surface area (Å²) in [6.45, 7) is 3.57. The van der Waals surface area contributed by atoms with Crippen LogP contribution in [0.4, 0.5) is 0 Å². The molecule has 0 aliphatic heterocycles. The predicted molar refractivity (Wildman–Crippen MR) is 72.3 cm³/mol. The van der Waals surface area contributed by atoms with E-state index >= 15 is 0 Å². The molecule has 0 saturated carbocycles. The van der Waals surface area contributed by atoms with Gasteiger partial charge < -0.3 is 9.84 Å². The maximum absolute atomic E-state index is 10.7. The van der Waals surface area contributed by atoms with E-state index in [4.69, 9.17) is 9.84 Å². The van der Waals surface area contributed by atoms with E-state index < -0.39 is 5.97 Å². The van der Waals surface area contributed by atoms with Crippen molar-refractivity contribution in [3.05, 3.63) is 47.8 Å². The van der Waals surface area contributed by atoms with Crippen molar-refractivity contribution in [3.63, 3.8) is 0 Å². The van der Waals surface area contributed by atoms with Crippen molar-refractivity contribution >= 4 is 5.97 Å². The third-order valence-electron chi connectivity index (χ3n) is 2.75. The molecule has 0 spiro atoms. The van der Waals surface area contributed by atoms with E-state index in [-0.39, 0.29) is 6.61 Å². The van der Waals surface area contributed by atoms with Crippen LogP contribution in [0.3, 0.4) is 0 Å². The maximum Gasteiger partial charge on any atom is 0.341 e. The minimum Gasteiger partial charge on any atom is -0.481 e. The van der Waals surface area contributed by atoms with Crippen LogP contribution in [0.25, 0.3) is 11.1 Å². The number of ether oxygens (including phenoxy) is 1. The van der Waals surface area contributed by atoms with Gasteiger partial charge in [0.25, 0.3) is 0 Å². The van der Waals surface area contributed by atoms with Crippen molar-refractivity contribution in [1.82, 2.24) is 4.98 Å². The Hall–Kier alpha value is -2.36. The molecular formula is C15H15NO3. The predicted octanol–water partition coefficient (Wildman–Crippen LogP) is 2.83. The van der Waals surface area contributed by atoms with Crippen molar-refractivity contribution in [2.45, 2.75) is 13.8 Å². The number of rotatable bonds is 4. The Kier molecular flexibility index (Phi) is 3.80. The Balaban J connectivity index is 2.48. The summed E-state index contributed by atoms with van der Waals surface area (Å²) >= 11 is 0. The number of pyridine rings is 1. The molecule has 0 bridgehead atoms. The van der Waals surface area contributed by atoms with Gasteiger partial charge in [0.2, 0.25) is 0 Å². The molecule has 1 N–H and O–H groups in total. The number of carboxylic acid groups (broad SMARTS) is 1. The van der Waals surface area contributed by atoms with Crippen LogP contribution in [-0.2, 0) is 4.79 Å². The number of carbonyl (C=O) groups is 1. The van der Waals surface area contributed by atoms with Crippen molar-refractivity contribution in [1.29, 1.82) is 0 Å². The molecule has 2 rings (SSSR count). The Morgan fingerprint density at radius 3 is 2.58 bits per heavy atom. The molecule has 98 valence electrons. The lowest BCUT2D eigenvalue weighted by molar-refractivity contribution is -0.139. The van der Waals surface area contributed by atoms with Gasteiger partial charge in [0.1, 0.15) is 5.75 Å². The summed E-state index contributed by atoms with van der Waals surface area (Å²) in [6.07, 6.45) is 3.40. The monoisotopic (exact) mass is 257 g/mol. The largest absolute Gasteiger partial charge is 0.481 e. The van der Waals surface area contributed by atoms with E-state index in [0.29, 0.717) is 5.75 Å². The first kappa shape index (κ1) is 13.1. The van der Waals surface area contributed by atoms with Crippen LogP contribution >= 0.6 is 0 Å². The van der Waals surface area contributed by atoms with Crippen molar-refractivity contribution in [2.75, 3.05) is 6.61 Å². The van der Waals surface area contributed by atoms with E-state index in [9.17, 15) is 4.79 Å². The highest BCUT2D eigenvalue weighted by Gasteiger charge is 2.12. The summed E-state index contributed by atoms with van der Waals surface area (Å²) < 4.78 is 5.42. The van der Waals surface area contributed by atoms with Crippen LogP contribution in [-0.4, -0.2) is 22.7 Å². The molecule has 0 radical (unpaired) electrons. The van der Waals surface area contributed by atoms with Crippen molar-refractivity contribution < 1.29 is 14.6 Å². The molecule has 1 aromatic carbocycles. The number of aryl methyl sites for hydroxylation is 2. The zero-order valence-corrected chi connectivity index (χ0v) is 10.9. The third-order valence-corrected chi connectivity index (χ3v) is 2.75. The Labute approximate surface area is 111 Å². The van der Waals surface area contributed by atoms with E-state index in [1.54, 1.807) is 12.4 Å². The van der Waals surface area contributed by atoms with Gasteiger partial charge >= 0.3 is 5.97 Å². The fraction of sp³-hybridized carbons (Fsp3) is 0.200. The third kappa shape index (κ3) is 3.10. The standard InChI is InChI=1S/C15H15NO3/c1-10-7-11(2)15(19-9-14(17)18)13(8-10)12-3-5-16-6-4-12/h3-8H,9H2,1-2H3,(H,17,18). The highest BCUT2D eigenvalue weighted by molar-refractivity contribution is 5.74. The van der Waals surface area contributed by atoms with Gasteiger partial charge in [0.15, 0.2) is 6.61 Å². The number of hydrogen-bond donors (Lipinski definition) is 1. The SMILES string of the molecule is Cc1cc(C)c(OCC(=O)O)c(-c2ccncc2)c1. The van der Waals surface area contributed by atoms with Crippen molar-refractivity contribution in [3.8, 4) is 16.9 Å². The number of aromatic nitrogens is 1. The zero-order chi connectivity index (χ0) is 13.8. The summed E-state index contributed by atoms with van der Waals surface area (Å²) in [6, 6.07) is 7.71. The number of carboxylic acids is 1.